The Hall–Kier alpha value is -1.38. The molecule has 0 atom stereocenters. The van der Waals surface area contributed by atoms with Gasteiger partial charge in [-0.15, -0.1) is 0 Å². The van der Waals surface area contributed by atoms with Gasteiger partial charge < -0.3 is 4.98 Å². The lowest BCUT2D eigenvalue weighted by molar-refractivity contribution is 0.798. The number of aromatic amines is 1. The highest BCUT2D eigenvalue weighted by atomic mass is 15.0. The Morgan fingerprint density at radius 3 is 2.77 bits per heavy atom. The third-order valence-corrected chi connectivity index (χ3v) is 2.17. The molecule has 2 heterocycles. The average molecular weight is 175 g/mol. The third-order valence-electron chi connectivity index (χ3n) is 2.17. The first-order valence-corrected chi connectivity index (χ1v) is 4.49. The first-order chi connectivity index (χ1) is 6.18. The summed E-state index contributed by atoms with van der Waals surface area (Å²) in [6.45, 7) is 6.30. The Morgan fingerprint density at radius 1 is 1.38 bits per heavy atom. The van der Waals surface area contributed by atoms with Gasteiger partial charge in [0, 0.05) is 12.1 Å². The standard InChI is InChI=1S/C10H13N3/c1-6(2)9-12-8-7(3)4-5-11-10(8)13-9/h4-6H,1-3H3,(H,11,12,13). The Balaban J connectivity index is 2.68. The van der Waals surface area contributed by atoms with Gasteiger partial charge in [0.1, 0.15) is 5.82 Å². The van der Waals surface area contributed by atoms with Crippen molar-refractivity contribution in [1.82, 2.24) is 15.0 Å². The summed E-state index contributed by atoms with van der Waals surface area (Å²) in [6, 6.07) is 1.99. The number of nitrogens with zero attached hydrogens (tertiary/aromatic N) is 2. The summed E-state index contributed by atoms with van der Waals surface area (Å²) in [5.74, 6) is 1.44. The molecule has 0 fully saturated rings. The van der Waals surface area contributed by atoms with E-state index in [4.69, 9.17) is 0 Å². The van der Waals surface area contributed by atoms with Gasteiger partial charge in [-0.05, 0) is 18.6 Å². The minimum Gasteiger partial charge on any atom is -0.340 e. The van der Waals surface area contributed by atoms with Crippen LogP contribution < -0.4 is 0 Å². The Labute approximate surface area is 77.2 Å². The first kappa shape index (κ1) is 8.23. The fraction of sp³-hybridized carbons (Fsp3) is 0.400. The molecule has 0 saturated heterocycles. The molecule has 2 aromatic heterocycles. The quantitative estimate of drug-likeness (QED) is 0.723. The minimum atomic E-state index is 0.425. The van der Waals surface area contributed by atoms with E-state index in [1.807, 2.05) is 6.07 Å². The highest BCUT2D eigenvalue weighted by Crippen LogP contribution is 2.17. The summed E-state index contributed by atoms with van der Waals surface area (Å²) in [4.78, 5) is 11.9. The Bertz CT molecular complexity index is 429. The summed E-state index contributed by atoms with van der Waals surface area (Å²) >= 11 is 0. The van der Waals surface area contributed by atoms with Crippen molar-refractivity contribution in [1.29, 1.82) is 0 Å². The summed E-state index contributed by atoms with van der Waals surface area (Å²) < 4.78 is 0. The van der Waals surface area contributed by atoms with E-state index in [0.29, 0.717) is 5.92 Å². The average Bonchev–Trinajstić information content (AvgIpc) is 2.49. The fourth-order valence-electron chi connectivity index (χ4n) is 1.33. The van der Waals surface area contributed by atoms with Crippen LogP contribution in [0.4, 0.5) is 0 Å². The van der Waals surface area contributed by atoms with Crippen LogP contribution in [0.5, 0.6) is 0 Å². The highest BCUT2D eigenvalue weighted by Gasteiger charge is 2.07. The number of imidazole rings is 1. The third kappa shape index (κ3) is 1.30. The molecule has 0 aliphatic carbocycles. The lowest BCUT2D eigenvalue weighted by Gasteiger charge is -1.96. The molecule has 0 bridgehead atoms. The molecule has 0 aliphatic heterocycles. The van der Waals surface area contributed by atoms with Gasteiger partial charge in [-0.25, -0.2) is 9.97 Å². The normalized spacial score (nSPS) is 11.4. The van der Waals surface area contributed by atoms with Crippen molar-refractivity contribution >= 4 is 11.2 Å². The summed E-state index contributed by atoms with van der Waals surface area (Å²) in [6.07, 6.45) is 1.79. The zero-order valence-electron chi connectivity index (χ0n) is 8.13. The molecule has 0 radical (unpaired) electrons. The number of hydrogen-bond acceptors (Lipinski definition) is 2. The van der Waals surface area contributed by atoms with Crippen molar-refractivity contribution in [2.75, 3.05) is 0 Å². The topological polar surface area (TPSA) is 41.6 Å². The molecule has 0 spiro atoms. The van der Waals surface area contributed by atoms with Crippen LogP contribution in [0.15, 0.2) is 12.3 Å². The van der Waals surface area contributed by atoms with E-state index in [9.17, 15) is 0 Å². The minimum absolute atomic E-state index is 0.425. The van der Waals surface area contributed by atoms with Crippen LogP contribution in [-0.2, 0) is 0 Å². The molecule has 3 heteroatoms. The predicted octanol–water partition coefficient (Wildman–Crippen LogP) is 2.39. The van der Waals surface area contributed by atoms with Gasteiger partial charge in [0.2, 0.25) is 0 Å². The summed E-state index contributed by atoms with van der Waals surface area (Å²) in [5.41, 5.74) is 3.08. The van der Waals surface area contributed by atoms with E-state index in [1.165, 1.54) is 5.56 Å². The van der Waals surface area contributed by atoms with Gasteiger partial charge in [-0.3, -0.25) is 0 Å². The number of H-pyrrole nitrogens is 1. The van der Waals surface area contributed by atoms with Crippen molar-refractivity contribution < 1.29 is 0 Å². The van der Waals surface area contributed by atoms with E-state index in [2.05, 4.69) is 35.7 Å². The van der Waals surface area contributed by atoms with E-state index in [-0.39, 0.29) is 0 Å². The predicted molar refractivity (Wildman–Crippen MR) is 52.7 cm³/mol. The number of fused-ring (bicyclic) bond motifs is 1. The number of pyridine rings is 1. The maximum atomic E-state index is 4.41. The number of aromatic nitrogens is 3. The molecular formula is C10H13N3. The summed E-state index contributed by atoms with van der Waals surface area (Å²) in [5, 5.41) is 0. The number of hydrogen-bond donors (Lipinski definition) is 1. The van der Waals surface area contributed by atoms with Gasteiger partial charge in [0.25, 0.3) is 0 Å². The molecule has 0 unspecified atom stereocenters. The molecule has 0 aromatic carbocycles. The van der Waals surface area contributed by atoms with Gasteiger partial charge in [0.15, 0.2) is 5.65 Å². The zero-order valence-corrected chi connectivity index (χ0v) is 8.13. The van der Waals surface area contributed by atoms with Crippen LogP contribution in [0.25, 0.3) is 11.2 Å². The van der Waals surface area contributed by atoms with E-state index < -0.39 is 0 Å². The molecule has 0 saturated carbocycles. The van der Waals surface area contributed by atoms with E-state index >= 15 is 0 Å². The van der Waals surface area contributed by atoms with E-state index in [0.717, 1.165) is 17.0 Å². The van der Waals surface area contributed by atoms with Gasteiger partial charge in [-0.2, -0.15) is 0 Å². The summed E-state index contributed by atoms with van der Waals surface area (Å²) in [7, 11) is 0. The SMILES string of the molecule is Cc1ccnc2nc(C(C)C)[nH]c12. The van der Waals surface area contributed by atoms with Crippen LogP contribution >= 0.6 is 0 Å². The second-order valence-electron chi connectivity index (χ2n) is 3.60. The molecule has 3 nitrogen and oxygen atoms in total. The molecule has 68 valence electrons. The monoisotopic (exact) mass is 175 g/mol. The van der Waals surface area contributed by atoms with Crippen LogP contribution in [0.1, 0.15) is 31.2 Å². The molecule has 0 aliphatic rings. The van der Waals surface area contributed by atoms with Crippen molar-refractivity contribution in [2.24, 2.45) is 0 Å². The van der Waals surface area contributed by atoms with E-state index in [1.54, 1.807) is 6.20 Å². The Morgan fingerprint density at radius 2 is 2.15 bits per heavy atom. The van der Waals surface area contributed by atoms with Crippen molar-refractivity contribution in [2.45, 2.75) is 26.7 Å². The second kappa shape index (κ2) is 2.83. The van der Waals surface area contributed by atoms with Crippen molar-refractivity contribution in [3.05, 3.63) is 23.7 Å². The largest absolute Gasteiger partial charge is 0.340 e. The first-order valence-electron chi connectivity index (χ1n) is 4.49. The molecule has 2 rings (SSSR count). The molecule has 0 amide bonds. The van der Waals surface area contributed by atoms with Gasteiger partial charge >= 0.3 is 0 Å². The molecule has 2 aromatic rings. The van der Waals surface area contributed by atoms with Crippen molar-refractivity contribution in [3.8, 4) is 0 Å². The number of rotatable bonds is 1. The number of aryl methyl sites for hydroxylation is 1. The highest BCUT2D eigenvalue weighted by molar-refractivity contribution is 5.74. The smallest absolute Gasteiger partial charge is 0.177 e. The molecule has 13 heavy (non-hydrogen) atoms. The van der Waals surface area contributed by atoms with Crippen LogP contribution in [0.2, 0.25) is 0 Å². The van der Waals surface area contributed by atoms with Crippen molar-refractivity contribution in [3.63, 3.8) is 0 Å². The molecule has 1 N–H and O–H groups in total. The van der Waals surface area contributed by atoms with Gasteiger partial charge in [-0.1, -0.05) is 13.8 Å². The lowest BCUT2D eigenvalue weighted by atomic mass is 10.2. The Kier molecular flexibility index (Phi) is 1.79. The maximum absolute atomic E-state index is 4.41. The van der Waals surface area contributed by atoms with Gasteiger partial charge in [0.05, 0.1) is 5.52 Å². The number of nitrogens with one attached hydrogen (secondary N) is 1. The lowest BCUT2D eigenvalue weighted by Crippen LogP contribution is -1.88. The second-order valence-corrected chi connectivity index (χ2v) is 3.60. The van der Waals surface area contributed by atoms with Crippen LogP contribution in [0.3, 0.4) is 0 Å². The molecular weight excluding hydrogens is 162 g/mol. The maximum Gasteiger partial charge on any atom is 0.177 e. The fourth-order valence-corrected chi connectivity index (χ4v) is 1.33. The zero-order chi connectivity index (χ0) is 9.42. The van der Waals surface area contributed by atoms with Crippen LogP contribution in [0, 0.1) is 6.92 Å². The van der Waals surface area contributed by atoms with Crippen LogP contribution in [-0.4, -0.2) is 15.0 Å².